The summed E-state index contributed by atoms with van der Waals surface area (Å²) in [6.07, 6.45) is 1.96. The number of rotatable bonds is 7. The van der Waals surface area contributed by atoms with Crippen LogP contribution in [0.1, 0.15) is 0 Å². The van der Waals surface area contributed by atoms with Gasteiger partial charge < -0.3 is 15.5 Å². The first kappa shape index (κ1) is 19.3. The lowest BCUT2D eigenvalue weighted by atomic mass is 10.3. The Labute approximate surface area is 156 Å². The number of quaternary nitrogens is 1. The normalized spacial score (nSPS) is 11.6. The molecule has 0 fully saturated rings. The standard InChI is InChI=1S/C18H20ClN3O2S/c1-22(11-17(23)20-14-9-7-13(19)8-10-14)12-18(24)21-15-5-3-4-6-16(15)25-2/h3-10H,11-12H2,1-2H3,(H,20,23)(H,21,24)/p+1. The van der Waals surface area contributed by atoms with Gasteiger partial charge in [-0.2, -0.15) is 0 Å². The lowest BCUT2D eigenvalue weighted by molar-refractivity contribution is -0.862. The van der Waals surface area contributed by atoms with Crippen molar-refractivity contribution in [3.8, 4) is 0 Å². The first-order valence-electron chi connectivity index (χ1n) is 7.77. The molecule has 0 spiro atoms. The number of para-hydroxylation sites is 1. The van der Waals surface area contributed by atoms with E-state index in [1.807, 2.05) is 37.6 Å². The Balaban J connectivity index is 1.82. The molecule has 0 aliphatic rings. The zero-order valence-electron chi connectivity index (χ0n) is 14.1. The zero-order valence-corrected chi connectivity index (χ0v) is 15.7. The molecule has 3 N–H and O–H groups in total. The van der Waals surface area contributed by atoms with Crippen LogP contribution in [0, 0.1) is 0 Å². The van der Waals surface area contributed by atoms with Crippen molar-refractivity contribution in [3.05, 3.63) is 53.6 Å². The van der Waals surface area contributed by atoms with Crippen molar-refractivity contribution >= 4 is 46.6 Å². The molecule has 0 aliphatic carbocycles. The molecule has 132 valence electrons. The van der Waals surface area contributed by atoms with Crippen LogP contribution >= 0.6 is 23.4 Å². The molecule has 5 nitrogen and oxygen atoms in total. The average molecular weight is 379 g/mol. The highest BCUT2D eigenvalue weighted by molar-refractivity contribution is 7.98. The Morgan fingerprint density at radius 2 is 1.60 bits per heavy atom. The fraction of sp³-hybridized carbons (Fsp3) is 0.222. The highest BCUT2D eigenvalue weighted by atomic mass is 35.5. The molecule has 0 aliphatic heterocycles. The van der Waals surface area contributed by atoms with Crippen LogP contribution < -0.4 is 15.5 Å². The molecular formula is C18H21ClN3O2S+. The van der Waals surface area contributed by atoms with Gasteiger partial charge in [0, 0.05) is 15.6 Å². The van der Waals surface area contributed by atoms with E-state index in [0.29, 0.717) is 10.7 Å². The molecule has 7 heteroatoms. The van der Waals surface area contributed by atoms with Crippen LogP contribution in [0.4, 0.5) is 11.4 Å². The predicted octanol–water partition coefficient (Wildman–Crippen LogP) is 2.15. The smallest absolute Gasteiger partial charge is 0.279 e. The summed E-state index contributed by atoms with van der Waals surface area (Å²) in [5.41, 5.74) is 1.47. The van der Waals surface area contributed by atoms with E-state index in [-0.39, 0.29) is 24.9 Å². The molecule has 0 saturated heterocycles. The number of halogens is 1. The van der Waals surface area contributed by atoms with Crippen LogP contribution in [0.2, 0.25) is 5.02 Å². The van der Waals surface area contributed by atoms with E-state index < -0.39 is 0 Å². The quantitative estimate of drug-likeness (QED) is 0.647. The topological polar surface area (TPSA) is 62.6 Å². The molecule has 0 aromatic heterocycles. The molecule has 2 aromatic rings. The van der Waals surface area contributed by atoms with Crippen molar-refractivity contribution in [2.75, 3.05) is 37.0 Å². The number of carbonyl (C=O) groups excluding carboxylic acids is 2. The molecule has 1 unspecified atom stereocenters. The van der Waals surface area contributed by atoms with Crippen molar-refractivity contribution in [3.63, 3.8) is 0 Å². The summed E-state index contributed by atoms with van der Waals surface area (Å²) in [6.45, 7) is 0.400. The van der Waals surface area contributed by atoms with Gasteiger partial charge >= 0.3 is 0 Å². The number of hydrogen-bond donors (Lipinski definition) is 3. The lowest BCUT2D eigenvalue weighted by Gasteiger charge is -2.14. The van der Waals surface area contributed by atoms with Gasteiger partial charge in [0.1, 0.15) is 0 Å². The van der Waals surface area contributed by atoms with Crippen LogP contribution in [-0.2, 0) is 9.59 Å². The monoisotopic (exact) mass is 378 g/mol. The molecule has 2 rings (SSSR count). The van der Waals surface area contributed by atoms with E-state index in [2.05, 4.69) is 10.6 Å². The second-order valence-electron chi connectivity index (χ2n) is 5.61. The maximum atomic E-state index is 12.2. The number of benzene rings is 2. The second kappa shape index (κ2) is 9.46. The minimum atomic E-state index is -0.155. The first-order valence-corrected chi connectivity index (χ1v) is 9.38. The SMILES string of the molecule is CSc1ccccc1NC(=O)C[NH+](C)CC(=O)Nc1ccc(Cl)cc1. The number of amides is 2. The largest absolute Gasteiger partial charge is 0.322 e. The van der Waals surface area contributed by atoms with E-state index >= 15 is 0 Å². The summed E-state index contributed by atoms with van der Waals surface area (Å²) in [5.74, 6) is -0.282. The molecule has 0 heterocycles. The minimum absolute atomic E-state index is 0.127. The van der Waals surface area contributed by atoms with Gasteiger partial charge in [-0.1, -0.05) is 23.7 Å². The molecular weight excluding hydrogens is 358 g/mol. The lowest BCUT2D eigenvalue weighted by Crippen LogP contribution is -3.11. The van der Waals surface area contributed by atoms with Gasteiger partial charge in [0.25, 0.3) is 11.8 Å². The minimum Gasteiger partial charge on any atom is -0.322 e. The number of hydrogen-bond acceptors (Lipinski definition) is 3. The first-order chi connectivity index (χ1) is 12.0. The fourth-order valence-corrected chi connectivity index (χ4v) is 2.97. The number of anilines is 2. The zero-order chi connectivity index (χ0) is 18.2. The Bertz CT molecular complexity index is 737. The predicted molar refractivity (Wildman–Crippen MR) is 104 cm³/mol. The Kier molecular flexibility index (Phi) is 7.31. The number of thioether (sulfide) groups is 1. The van der Waals surface area contributed by atoms with E-state index in [0.717, 1.165) is 15.5 Å². The number of nitrogens with one attached hydrogen (secondary N) is 3. The summed E-state index contributed by atoms with van der Waals surface area (Å²) >= 11 is 7.39. The molecule has 2 aromatic carbocycles. The van der Waals surface area contributed by atoms with Crippen molar-refractivity contribution in [1.82, 2.24) is 0 Å². The third kappa shape index (κ3) is 6.42. The fourth-order valence-electron chi connectivity index (χ4n) is 2.29. The van der Waals surface area contributed by atoms with E-state index in [4.69, 9.17) is 11.6 Å². The maximum Gasteiger partial charge on any atom is 0.279 e. The Hall–Kier alpha value is -2.02. The van der Waals surface area contributed by atoms with E-state index in [1.165, 1.54) is 0 Å². The van der Waals surface area contributed by atoms with Crippen LogP contribution in [0.3, 0.4) is 0 Å². The van der Waals surface area contributed by atoms with Gasteiger partial charge in [0.15, 0.2) is 13.1 Å². The molecule has 0 bridgehead atoms. The van der Waals surface area contributed by atoms with Gasteiger partial charge in [-0.05, 0) is 42.7 Å². The summed E-state index contributed by atoms with van der Waals surface area (Å²) < 4.78 is 0. The molecule has 2 amide bonds. The van der Waals surface area contributed by atoms with E-state index in [9.17, 15) is 9.59 Å². The second-order valence-corrected chi connectivity index (χ2v) is 6.90. The van der Waals surface area contributed by atoms with E-state index in [1.54, 1.807) is 36.0 Å². The van der Waals surface area contributed by atoms with Crippen molar-refractivity contribution in [1.29, 1.82) is 0 Å². The van der Waals surface area contributed by atoms with Gasteiger partial charge in [-0.25, -0.2) is 0 Å². The molecule has 0 radical (unpaired) electrons. The highest BCUT2D eigenvalue weighted by Crippen LogP contribution is 2.24. The third-order valence-corrected chi connectivity index (χ3v) is 4.48. The number of carbonyl (C=O) groups is 2. The third-order valence-electron chi connectivity index (χ3n) is 3.43. The molecule has 25 heavy (non-hydrogen) atoms. The maximum absolute atomic E-state index is 12.2. The summed E-state index contributed by atoms with van der Waals surface area (Å²) in [6, 6.07) is 14.5. The van der Waals surface area contributed by atoms with Crippen molar-refractivity contribution in [2.45, 2.75) is 4.90 Å². The van der Waals surface area contributed by atoms with Crippen LogP contribution in [0.15, 0.2) is 53.4 Å². The Morgan fingerprint density at radius 1 is 1.00 bits per heavy atom. The molecule has 1 atom stereocenters. The summed E-state index contributed by atoms with van der Waals surface area (Å²) in [5, 5.41) is 6.30. The van der Waals surface area contributed by atoms with Gasteiger partial charge in [-0.15, -0.1) is 11.8 Å². The van der Waals surface area contributed by atoms with Gasteiger partial charge in [-0.3, -0.25) is 9.59 Å². The average Bonchev–Trinajstić information content (AvgIpc) is 2.57. The molecule has 0 saturated carbocycles. The summed E-state index contributed by atoms with van der Waals surface area (Å²) in [4.78, 5) is 26.0. The van der Waals surface area contributed by atoms with Crippen LogP contribution in [0.25, 0.3) is 0 Å². The van der Waals surface area contributed by atoms with Crippen LogP contribution in [0.5, 0.6) is 0 Å². The summed E-state index contributed by atoms with van der Waals surface area (Å²) in [7, 11) is 1.81. The van der Waals surface area contributed by atoms with Gasteiger partial charge in [0.2, 0.25) is 0 Å². The van der Waals surface area contributed by atoms with Gasteiger partial charge in [0.05, 0.1) is 12.7 Å². The Morgan fingerprint density at radius 3 is 2.24 bits per heavy atom. The highest BCUT2D eigenvalue weighted by Gasteiger charge is 2.15. The number of likely N-dealkylation sites (N-methyl/N-ethyl adjacent to an activating group) is 1. The van der Waals surface area contributed by atoms with Crippen LogP contribution in [-0.4, -0.2) is 38.2 Å². The van der Waals surface area contributed by atoms with Crippen molar-refractivity contribution in [2.24, 2.45) is 0 Å². The van der Waals surface area contributed by atoms with Crippen molar-refractivity contribution < 1.29 is 14.5 Å².